The second-order valence-electron chi connectivity index (χ2n) is 5.36. The lowest BCUT2D eigenvalue weighted by molar-refractivity contribution is 0.157. The SMILES string of the molecule is COc1ccc(CCCNC(=O)N2CCCC2CO)cc1. The number of nitrogens with zero attached hydrogens (tertiary/aromatic N) is 1. The number of likely N-dealkylation sites (tertiary alicyclic amines) is 1. The number of rotatable bonds is 6. The lowest BCUT2D eigenvalue weighted by Gasteiger charge is -2.23. The third-order valence-electron chi connectivity index (χ3n) is 3.93. The molecule has 1 aliphatic heterocycles. The van der Waals surface area contributed by atoms with E-state index in [-0.39, 0.29) is 18.7 Å². The maximum atomic E-state index is 12.0. The molecule has 1 aliphatic rings. The van der Waals surface area contributed by atoms with Gasteiger partial charge < -0.3 is 20.1 Å². The highest BCUT2D eigenvalue weighted by Crippen LogP contribution is 2.16. The van der Waals surface area contributed by atoms with Crippen molar-refractivity contribution in [3.63, 3.8) is 0 Å². The molecule has 2 amide bonds. The van der Waals surface area contributed by atoms with Crippen molar-refractivity contribution < 1.29 is 14.6 Å². The number of hydrogen-bond donors (Lipinski definition) is 2. The van der Waals surface area contributed by atoms with E-state index in [1.54, 1.807) is 12.0 Å². The topological polar surface area (TPSA) is 61.8 Å². The number of methoxy groups -OCH3 is 1. The number of urea groups is 1. The predicted molar refractivity (Wildman–Crippen MR) is 81.5 cm³/mol. The Kier molecular flexibility index (Phi) is 5.87. The standard InChI is InChI=1S/C16H24N2O3/c1-21-15-8-6-13(7-9-15)4-2-10-17-16(20)18-11-3-5-14(18)12-19/h6-9,14,19H,2-5,10-12H2,1H3,(H,17,20). The zero-order valence-corrected chi connectivity index (χ0v) is 12.5. The molecule has 1 fully saturated rings. The zero-order valence-electron chi connectivity index (χ0n) is 12.5. The molecule has 2 N–H and O–H groups in total. The van der Waals surface area contributed by atoms with Crippen LogP contribution >= 0.6 is 0 Å². The summed E-state index contributed by atoms with van der Waals surface area (Å²) in [6.45, 7) is 1.45. The minimum atomic E-state index is -0.0544. The van der Waals surface area contributed by atoms with Gasteiger partial charge in [-0.15, -0.1) is 0 Å². The first-order chi connectivity index (χ1) is 10.2. The number of hydrogen-bond acceptors (Lipinski definition) is 3. The van der Waals surface area contributed by atoms with E-state index in [1.807, 2.05) is 24.3 Å². The Morgan fingerprint density at radius 1 is 1.43 bits per heavy atom. The summed E-state index contributed by atoms with van der Waals surface area (Å²) >= 11 is 0. The van der Waals surface area contributed by atoms with Crippen LogP contribution in [0.2, 0.25) is 0 Å². The Bertz CT molecular complexity index is 447. The van der Waals surface area contributed by atoms with Crippen LogP contribution in [-0.4, -0.2) is 48.9 Å². The maximum Gasteiger partial charge on any atom is 0.317 e. The van der Waals surface area contributed by atoms with Gasteiger partial charge >= 0.3 is 6.03 Å². The molecule has 0 spiro atoms. The molecule has 1 heterocycles. The van der Waals surface area contributed by atoms with Crippen LogP contribution in [-0.2, 0) is 6.42 Å². The van der Waals surface area contributed by atoms with Gasteiger partial charge in [0.15, 0.2) is 0 Å². The van der Waals surface area contributed by atoms with Gasteiger partial charge in [-0.2, -0.15) is 0 Å². The molecule has 5 nitrogen and oxygen atoms in total. The first-order valence-electron chi connectivity index (χ1n) is 7.53. The fourth-order valence-electron chi connectivity index (χ4n) is 2.67. The molecule has 0 radical (unpaired) electrons. The average molecular weight is 292 g/mol. The van der Waals surface area contributed by atoms with Crippen molar-refractivity contribution in [3.05, 3.63) is 29.8 Å². The Labute approximate surface area is 125 Å². The van der Waals surface area contributed by atoms with Crippen molar-refractivity contribution in [2.45, 2.75) is 31.7 Å². The lowest BCUT2D eigenvalue weighted by Crippen LogP contribution is -2.44. The van der Waals surface area contributed by atoms with Crippen LogP contribution in [0.1, 0.15) is 24.8 Å². The van der Waals surface area contributed by atoms with Crippen LogP contribution in [0.3, 0.4) is 0 Å². The first-order valence-corrected chi connectivity index (χ1v) is 7.53. The van der Waals surface area contributed by atoms with Crippen LogP contribution in [0.15, 0.2) is 24.3 Å². The van der Waals surface area contributed by atoms with E-state index in [1.165, 1.54) is 5.56 Å². The van der Waals surface area contributed by atoms with Crippen LogP contribution in [0.5, 0.6) is 5.75 Å². The molecule has 1 aromatic rings. The van der Waals surface area contributed by atoms with Crippen molar-refractivity contribution in [1.29, 1.82) is 0 Å². The molecular formula is C16H24N2O3. The summed E-state index contributed by atoms with van der Waals surface area (Å²) in [5.74, 6) is 0.858. The molecule has 1 saturated heterocycles. The van der Waals surface area contributed by atoms with Gasteiger partial charge in [-0.1, -0.05) is 12.1 Å². The second kappa shape index (κ2) is 7.88. The highest BCUT2D eigenvalue weighted by atomic mass is 16.5. The minimum absolute atomic E-state index is 0.00779. The Morgan fingerprint density at radius 2 is 2.19 bits per heavy atom. The number of nitrogens with one attached hydrogen (secondary N) is 1. The van der Waals surface area contributed by atoms with Crippen molar-refractivity contribution in [1.82, 2.24) is 10.2 Å². The Hall–Kier alpha value is -1.75. The van der Waals surface area contributed by atoms with Gasteiger partial charge in [0.25, 0.3) is 0 Å². The van der Waals surface area contributed by atoms with Crippen LogP contribution < -0.4 is 10.1 Å². The molecule has 0 aromatic heterocycles. The number of carbonyl (C=O) groups excluding carboxylic acids is 1. The van der Waals surface area contributed by atoms with Crippen molar-refractivity contribution >= 4 is 6.03 Å². The zero-order chi connectivity index (χ0) is 15.1. The summed E-state index contributed by atoms with van der Waals surface area (Å²) in [7, 11) is 1.66. The van der Waals surface area contributed by atoms with Gasteiger partial charge in [0.05, 0.1) is 19.8 Å². The number of amides is 2. The number of aliphatic hydroxyl groups is 1. The number of benzene rings is 1. The highest BCUT2D eigenvalue weighted by Gasteiger charge is 2.27. The fourth-order valence-corrected chi connectivity index (χ4v) is 2.67. The smallest absolute Gasteiger partial charge is 0.317 e. The predicted octanol–water partition coefficient (Wildman–Crippen LogP) is 1.79. The molecule has 2 rings (SSSR count). The van der Waals surface area contributed by atoms with Crippen molar-refractivity contribution in [2.24, 2.45) is 0 Å². The fraction of sp³-hybridized carbons (Fsp3) is 0.562. The van der Waals surface area contributed by atoms with Crippen molar-refractivity contribution in [3.8, 4) is 5.75 Å². The first kappa shape index (κ1) is 15.6. The van der Waals surface area contributed by atoms with E-state index in [9.17, 15) is 9.90 Å². The summed E-state index contributed by atoms with van der Waals surface area (Å²) in [5.41, 5.74) is 1.24. The second-order valence-corrected chi connectivity index (χ2v) is 5.36. The third-order valence-corrected chi connectivity index (χ3v) is 3.93. The van der Waals surface area contributed by atoms with E-state index in [2.05, 4.69) is 5.32 Å². The van der Waals surface area contributed by atoms with E-state index in [4.69, 9.17) is 4.74 Å². The number of carbonyl (C=O) groups is 1. The van der Waals surface area contributed by atoms with Gasteiger partial charge in [-0.3, -0.25) is 0 Å². The van der Waals surface area contributed by atoms with Gasteiger partial charge in [-0.25, -0.2) is 4.79 Å². The maximum absolute atomic E-state index is 12.0. The quantitative estimate of drug-likeness (QED) is 0.786. The molecule has 5 heteroatoms. The molecule has 1 aromatic carbocycles. The molecule has 116 valence electrons. The molecule has 0 bridgehead atoms. The van der Waals surface area contributed by atoms with Crippen LogP contribution in [0, 0.1) is 0 Å². The highest BCUT2D eigenvalue weighted by molar-refractivity contribution is 5.74. The summed E-state index contributed by atoms with van der Waals surface area (Å²) < 4.78 is 5.12. The number of aryl methyl sites for hydroxylation is 1. The van der Waals surface area contributed by atoms with E-state index >= 15 is 0 Å². The van der Waals surface area contributed by atoms with E-state index < -0.39 is 0 Å². The van der Waals surface area contributed by atoms with Gasteiger partial charge in [0.1, 0.15) is 5.75 Å². The van der Waals surface area contributed by atoms with Crippen LogP contribution in [0.25, 0.3) is 0 Å². The number of ether oxygens (including phenoxy) is 1. The van der Waals surface area contributed by atoms with Gasteiger partial charge in [0, 0.05) is 13.1 Å². The normalized spacial score (nSPS) is 17.8. The summed E-state index contributed by atoms with van der Waals surface area (Å²) in [5, 5.41) is 12.1. The largest absolute Gasteiger partial charge is 0.497 e. The summed E-state index contributed by atoms with van der Waals surface area (Å²) in [4.78, 5) is 13.7. The minimum Gasteiger partial charge on any atom is -0.497 e. The van der Waals surface area contributed by atoms with Gasteiger partial charge in [0.2, 0.25) is 0 Å². The average Bonchev–Trinajstić information content (AvgIpc) is 3.00. The summed E-state index contributed by atoms with van der Waals surface area (Å²) in [6.07, 6.45) is 3.70. The molecule has 1 unspecified atom stereocenters. The molecule has 0 aliphatic carbocycles. The van der Waals surface area contributed by atoms with E-state index in [0.29, 0.717) is 6.54 Å². The Morgan fingerprint density at radius 3 is 2.86 bits per heavy atom. The van der Waals surface area contributed by atoms with Crippen molar-refractivity contribution in [2.75, 3.05) is 26.8 Å². The third kappa shape index (κ3) is 4.36. The van der Waals surface area contributed by atoms with E-state index in [0.717, 1.165) is 38.0 Å². The Balaban J connectivity index is 1.68. The molecule has 1 atom stereocenters. The lowest BCUT2D eigenvalue weighted by atomic mass is 10.1. The van der Waals surface area contributed by atoms with Crippen LogP contribution in [0.4, 0.5) is 4.79 Å². The van der Waals surface area contributed by atoms with Gasteiger partial charge in [-0.05, 0) is 43.4 Å². The molecule has 21 heavy (non-hydrogen) atoms. The molecular weight excluding hydrogens is 268 g/mol. The number of aliphatic hydroxyl groups excluding tert-OH is 1. The monoisotopic (exact) mass is 292 g/mol. The molecule has 0 saturated carbocycles. The summed E-state index contributed by atoms with van der Waals surface area (Å²) in [6, 6.07) is 7.92.